The number of amides is 1. The third kappa shape index (κ3) is 3.59. The molecule has 2 N–H and O–H groups in total. The Morgan fingerprint density at radius 2 is 2.04 bits per heavy atom. The quantitative estimate of drug-likeness (QED) is 0.853. The fraction of sp³-hybridized carbons (Fsp3) is 0.611. The van der Waals surface area contributed by atoms with Crippen LogP contribution in [0.2, 0.25) is 0 Å². The van der Waals surface area contributed by atoms with Gasteiger partial charge in [0, 0.05) is 36.8 Å². The van der Waals surface area contributed by atoms with E-state index < -0.39 is 11.5 Å². The number of nitrogens with zero attached hydrogens (tertiary/aromatic N) is 1. The Kier molecular flexibility index (Phi) is 4.34. The second-order valence-corrected chi connectivity index (χ2v) is 7.81. The van der Waals surface area contributed by atoms with Crippen LogP contribution in [0.1, 0.15) is 59.5 Å². The zero-order valence-electron chi connectivity index (χ0n) is 14.6. The molecule has 0 spiro atoms. The number of rotatable bonds is 5. The number of carbonyl (C=O) groups excluding carboxylic acids is 2. The van der Waals surface area contributed by atoms with Crippen LogP contribution in [0, 0.1) is 5.41 Å². The minimum Gasteiger partial charge on any atom is -0.351 e. The molecule has 24 heavy (non-hydrogen) atoms. The molecule has 2 aliphatic carbocycles. The van der Waals surface area contributed by atoms with Gasteiger partial charge in [-0.1, -0.05) is 13.8 Å². The SMILES string of the molecule is CN(CCNC(=O)c1cc2c([nH]c1=O)CC(C)(C)CC2=O)C1CC1. The molecule has 0 unspecified atom stereocenters. The Balaban J connectivity index is 1.72. The molecule has 0 atom stereocenters. The molecule has 1 saturated carbocycles. The molecule has 3 rings (SSSR count). The summed E-state index contributed by atoms with van der Waals surface area (Å²) in [6, 6.07) is 2.10. The van der Waals surface area contributed by atoms with Crippen molar-refractivity contribution in [3.05, 3.63) is 33.2 Å². The molecule has 0 radical (unpaired) electrons. The fourth-order valence-electron chi connectivity index (χ4n) is 3.34. The number of H-pyrrole nitrogens is 1. The van der Waals surface area contributed by atoms with E-state index in [1.807, 2.05) is 20.9 Å². The molecular formula is C18H25N3O3. The minimum absolute atomic E-state index is 0.0139. The highest BCUT2D eigenvalue weighted by Crippen LogP contribution is 2.33. The number of aromatic amines is 1. The number of nitrogens with one attached hydrogen (secondary N) is 2. The first-order chi connectivity index (χ1) is 11.3. The van der Waals surface area contributed by atoms with Gasteiger partial charge in [-0.2, -0.15) is 0 Å². The van der Waals surface area contributed by atoms with Crippen molar-refractivity contribution in [1.82, 2.24) is 15.2 Å². The maximum absolute atomic E-state index is 12.3. The predicted octanol–water partition coefficient (Wildman–Crippen LogP) is 1.35. The highest BCUT2D eigenvalue weighted by atomic mass is 16.2. The van der Waals surface area contributed by atoms with Crippen LogP contribution in [0.5, 0.6) is 0 Å². The largest absolute Gasteiger partial charge is 0.351 e. The van der Waals surface area contributed by atoms with Gasteiger partial charge in [-0.25, -0.2) is 0 Å². The summed E-state index contributed by atoms with van der Waals surface area (Å²) in [5.41, 5.74) is 0.563. The second-order valence-electron chi connectivity index (χ2n) is 7.81. The van der Waals surface area contributed by atoms with Crippen molar-refractivity contribution < 1.29 is 9.59 Å². The Bertz CT molecular complexity index is 732. The second kappa shape index (κ2) is 6.16. The van der Waals surface area contributed by atoms with Crippen LogP contribution in [0.4, 0.5) is 0 Å². The number of hydrogen-bond acceptors (Lipinski definition) is 4. The van der Waals surface area contributed by atoms with E-state index in [0.717, 1.165) is 6.54 Å². The van der Waals surface area contributed by atoms with Gasteiger partial charge in [0.1, 0.15) is 5.56 Å². The van der Waals surface area contributed by atoms with Crippen molar-refractivity contribution in [2.45, 2.75) is 45.6 Å². The van der Waals surface area contributed by atoms with Crippen LogP contribution in [-0.4, -0.2) is 47.8 Å². The van der Waals surface area contributed by atoms with Gasteiger partial charge in [-0.15, -0.1) is 0 Å². The Morgan fingerprint density at radius 3 is 2.71 bits per heavy atom. The van der Waals surface area contributed by atoms with E-state index in [2.05, 4.69) is 15.2 Å². The maximum atomic E-state index is 12.3. The number of pyridine rings is 1. The lowest BCUT2D eigenvalue weighted by Gasteiger charge is -2.29. The lowest BCUT2D eigenvalue weighted by atomic mass is 9.75. The van der Waals surface area contributed by atoms with Gasteiger partial charge in [-0.05, 0) is 37.8 Å². The van der Waals surface area contributed by atoms with E-state index in [4.69, 9.17) is 0 Å². The van der Waals surface area contributed by atoms with Gasteiger partial charge in [-0.3, -0.25) is 14.4 Å². The molecular weight excluding hydrogens is 306 g/mol. The van der Waals surface area contributed by atoms with Crippen molar-refractivity contribution in [3.63, 3.8) is 0 Å². The fourth-order valence-corrected chi connectivity index (χ4v) is 3.34. The number of hydrogen-bond donors (Lipinski definition) is 2. The standard InChI is InChI=1S/C18H25N3O3/c1-18(2)9-14-12(15(22)10-18)8-13(17(24)20-14)16(23)19-6-7-21(3)11-4-5-11/h8,11H,4-7,9-10H2,1-3H3,(H,19,23)(H,20,24). The maximum Gasteiger partial charge on any atom is 0.261 e. The highest BCUT2D eigenvalue weighted by Gasteiger charge is 2.32. The molecule has 1 heterocycles. The third-order valence-electron chi connectivity index (χ3n) is 4.88. The minimum atomic E-state index is -0.424. The predicted molar refractivity (Wildman–Crippen MR) is 91.5 cm³/mol. The Hall–Kier alpha value is -1.95. The van der Waals surface area contributed by atoms with Crippen molar-refractivity contribution in [2.24, 2.45) is 5.41 Å². The number of aromatic nitrogens is 1. The van der Waals surface area contributed by atoms with Gasteiger partial charge in [0.15, 0.2) is 5.78 Å². The average Bonchev–Trinajstić information content (AvgIpc) is 3.29. The number of fused-ring (bicyclic) bond motifs is 1. The smallest absolute Gasteiger partial charge is 0.261 e. The van der Waals surface area contributed by atoms with Crippen molar-refractivity contribution in [1.29, 1.82) is 0 Å². The van der Waals surface area contributed by atoms with Crippen molar-refractivity contribution in [3.8, 4) is 0 Å². The summed E-state index contributed by atoms with van der Waals surface area (Å²) < 4.78 is 0. The van der Waals surface area contributed by atoms with E-state index in [1.54, 1.807) is 0 Å². The summed E-state index contributed by atoms with van der Waals surface area (Å²) in [6.45, 7) is 5.25. The Labute approximate surface area is 141 Å². The first-order valence-electron chi connectivity index (χ1n) is 8.55. The zero-order valence-corrected chi connectivity index (χ0v) is 14.6. The molecule has 0 saturated heterocycles. The van der Waals surface area contributed by atoms with Crippen LogP contribution < -0.4 is 10.9 Å². The van der Waals surface area contributed by atoms with Crippen LogP contribution in [0.25, 0.3) is 0 Å². The van der Waals surface area contributed by atoms with E-state index >= 15 is 0 Å². The van der Waals surface area contributed by atoms with Gasteiger partial charge in [0.2, 0.25) is 0 Å². The molecule has 2 aliphatic rings. The summed E-state index contributed by atoms with van der Waals surface area (Å²) in [5.74, 6) is -0.430. The van der Waals surface area contributed by atoms with Gasteiger partial charge in [0.05, 0.1) is 0 Å². The van der Waals surface area contributed by atoms with E-state index in [1.165, 1.54) is 18.9 Å². The summed E-state index contributed by atoms with van der Waals surface area (Å²) in [6.07, 6.45) is 3.50. The average molecular weight is 331 g/mol. The molecule has 0 aromatic carbocycles. The first kappa shape index (κ1) is 16.9. The van der Waals surface area contributed by atoms with E-state index in [0.29, 0.717) is 36.7 Å². The van der Waals surface area contributed by atoms with Gasteiger partial charge >= 0.3 is 0 Å². The number of carbonyl (C=O) groups is 2. The van der Waals surface area contributed by atoms with E-state index in [9.17, 15) is 14.4 Å². The first-order valence-corrected chi connectivity index (χ1v) is 8.55. The molecule has 0 aliphatic heterocycles. The molecule has 1 fully saturated rings. The normalized spacial score (nSPS) is 19.2. The van der Waals surface area contributed by atoms with Crippen molar-refractivity contribution >= 4 is 11.7 Å². The summed E-state index contributed by atoms with van der Waals surface area (Å²) >= 11 is 0. The van der Waals surface area contributed by atoms with Gasteiger partial charge in [0.25, 0.3) is 11.5 Å². The lowest BCUT2D eigenvalue weighted by Crippen LogP contribution is -2.37. The van der Waals surface area contributed by atoms with Crippen LogP contribution in [0.15, 0.2) is 10.9 Å². The van der Waals surface area contributed by atoms with E-state index in [-0.39, 0.29) is 16.8 Å². The molecule has 1 amide bonds. The molecule has 6 heteroatoms. The van der Waals surface area contributed by atoms with Crippen LogP contribution >= 0.6 is 0 Å². The number of likely N-dealkylation sites (N-methyl/N-ethyl adjacent to an activating group) is 1. The zero-order chi connectivity index (χ0) is 17.5. The number of Topliss-reactive ketones (excluding diaryl/α,β-unsaturated/α-hetero) is 1. The summed E-state index contributed by atoms with van der Waals surface area (Å²) in [5, 5.41) is 2.78. The number of ketones is 1. The Morgan fingerprint density at radius 1 is 1.33 bits per heavy atom. The molecule has 0 bridgehead atoms. The van der Waals surface area contributed by atoms with Crippen molar-refractivity contribution in [2.75, 3.05) is 20.1 Å². The topological polar surface area (TPSA) is 82.3 Å². The molecule has 1 aromatic rings. The highest BCUT2D eigenvalue weighted by molar-refractivity contribution is 6.02. The lowest BCUT2D eigenvalue weighted by molar-refractivity contribution is 0.0910. The van der Waals surface area contributed by atoms with Gasteiger partial charge < -0.3 is 15.2 Å². The summed E-state index contributed by atoms with van der Waals surface area (Å²) in [4.78, 5) is 41.8. The molecule has 6 nitrogen and oxygen atoms in total. The monoisotopic (exact) mass is 331 g/mol. The summed E-state index contributed by atoms with van der Waals surface area (Å²) in [7, 11) is 2.04. The third-order valence-corrected chi connectivity index (χ3v) is 4.88. The van der Waals surface area contributed by atoms with Crippen LogP contribution in [-0.2, 0) is 6.42 Å². The van der Waals surface area contributed by atoms with Crippen LogP contribution in [0.3, 0.4) is 0 Å². The molecule has 1 aromatic heterocycles. The molecule has 130 valence electrons.